The highest BCUT2D eigenvalue weighted by Gasteiger charge is 2.41. The van der Waals surface area contributed by atoms with Gasteiger partial charge in [0.05, 0.1) is 0 Å². The average molecular weight is 280 g/mol. The molecule has 0 radical (unpaired) electrons. The van der Waals surface area contributed by atoms with Gasteiger partial charge in [-0.1, -0.05) is 53.4 Å². The average Bonchev–Trinajstić information content (AvgIpc) is 2.45. The molecule has 0 heterocycles. The molecule has 1 N–H and O–H groups in total. The summed E-state index contributed by atoms with van der Waals surface area (Å²) in [6, 6.07) is 0. The van der Waals surface area contributed by atoms with Crippen LogP contribution in [0.2, 0.25) is 0 Å². The molecule has 0 saturated heterocycles. The normalized spacial score (nSPS) is 37.8. The predicted molar refractivity (Wildman–Crippen MR) is 88.9 cm³/mol. The minimum absolute atomic E-state index is 0.586. The molecule has 0 aromatic heterocycles. The van der Waals surface area contributed by atoms with Crippen LogP contribution in [0, 0.1) is 29.1 Å². The van der Waals surface area contributed by atoms with E-state index in [1.807, 2.05) is 0 Å². The summed E-state index contributed by atoms with van der Waals surface area (Å²) in [5.74, 6) is 3.98. The summed E-state index contributed by atoms with van der Waals surface area (Å²) >= 11 is 0. The van der Waals surface area contributed by atoms with Gasteiger partial charge in [-0.05, 0) is 67.9 Å². The lowest BCUT2D eigenvalue weighted by atomic mass is 9.58. The van der Waals surface area contributed by atoms with Gasteiger partial charge in [0.15, 0.2) is 0 Å². The Bertz CT molecular complexity index is 283. The molecule has 1 nitrogen and oxygen atoms in total. The van der Waals surface area contributed by atoms with Crippen LogP contribution in [0.15, 0.2) is 0 Å². The Labute approximate surface area is 127 Å². The van der Waals surface area contributed by atoms with Crippen molar-refractivity contribution in [2.45, 2.75) is 79.1 Å². The smallest absolute Gasteiger partial charge is 0.00179 e. The third-order valence-corrected chi connectivity index (χ3v) is 6.28. The van der Waals surface area contributed by atoms with E-state index in [9.17, 15) is 0 Å². The fourth-order valence-corrected chi connectivity index (χ4v) is 5.09. The van der Waals surface area contributed by atoms with Gasteiger partial charge in [0.25, 0.3) is 0 Å². The van der Waals surface area contributed by atoms with Crippen LogP contribution in [-0.2, 0) is 0 Å². The highest BCUT2D eigenvalue weighted by atomic mass is 14.8. The Kier molecular flexibility index (Phi) is 5.95. The molecule has 2 aliphatic carbocycles. The first kappa shape index (κ1) is 16.3. The molecule has 0 aliphatic heterocycles. The molecular weight excluding hydrogens is 242 g/mol. The molecule has 4 unspecified atom stereocenters. The van der Waals surface area contributed by atoms with E-state index in [2.05, 4.69) is 33.0 Å². The quantitative estimate of drug-likeness (QED) is 0.724. The van der Waals surface area contributed by atoms with E-state index < -0.39 is 0 Å². The first-order valence-corrected chi connectivity index (χ1v) is 9.28. The molecule has 4 atom stereocenters. The second-order valence-electron chi connectivity index (χ2n) is 8.26. The van der Waals surface area contributed by atoms with Gasteiger partial charge in [0, 0.05) is 0 Å². The van der Waals surface area contributed by atoms with Gasteiger partial charge in [-0.3, -0.25) is 0 Å². The number of hydrogen-bond donors (Lipinski definition) is 1. The van der Waals surface area contributed by atoms with Crippen molar-refractivity contribution in [3.8, 4) is 0 Å². The third-order valence-electron chi connectivity index (χ3n) is 6.28. The summed E-state index contributed by atoms with van der Waals surface area (Å²) in [5, 5.41) is 3.65. The van der Waals surface area contributed by atoms with Crippen LogP contribution in [0.3, 0.4) is 0 Å². The van der Waals surface area contributed by atoms with Crippen molar-refractivity contribution < 1.29 is 0 Å². The molecule has 2 aliphatic rings. The second kappa shape index (κ2) is 7.29. The van der Waals surface area contributed by atoms with Gasteiger partial charge >= 0.3 is 0 Å². The van der Waals surface area contributed by atoms with Crippen LogP contribution < -0.4 is 5.32 Å². The molecule has 2 fully saturated rings. The van der Waals surface area contributed by atoms with Gasteiger partial charge < -0.3 is 5.32 Å². The van der Waals surface area contributed by atoms with E-state index in [1.54, 1.807) is 0 Å². The Morgan fingerprint density at radius 1 is 0.950 bits per heavy atom. The SMILES string of the molecule is CCNCC1CCC(C)(C)CC1C1CCCCC1CC. The van der Waals surface area contributed by atoms with E-state index in [0.717, 1.165) is 30.2 Å². The highest BCUT2D eigenvalue weighted by molar-refractivity contribution is 4.92. The number of rotatable bonds is 5. The molecule has 0 spiro atoms. The van der Waals surface area contributed by atoms with Crippen LogP contribution in [0.5, 0.6) is 0 Å². The van der Waals surface area contributed by atoms with E-state index in [0.29, 0.717) is 5.41 Å². The molecule has 2 saturated carbocycles. The van der Waals surface area contributed by atoms with Crippen LogP contribution >= 0.6 is 0 Å². The van der Waals surface area contributed by atoms with Gasteiger partial charge in [0.2, 0.25) is 0 Å². The molecule has 0 bridgehead atoms. The molecule has 0 aromatic carbocycles. The Morgan fingerprint density at radius 2 is 1.70 bits per heavy atom. The summed E-state index contributed by atoms with van der Waals surface area (Å²) in [4.78, 5) is 0. The standard InChI is InChI=1S/C19H37N/c1-5-15-9-7-8-10-17(15)18-13-19(3,4)12-11-16(18)14-20-6-2/h15-18,20H,5-14H2,1-4H3. The summed E-state index contributed by atoms with van der Waals surface area (Å²) in [6.45, 7) is 12.1. The van der Waals surface area contributed by atoms with Crippen LogP contribution in [0.4, 0.5) is 0 Å². The lowest BCUT2D eigenvalue weighted by Gasteiger charge is -2.48. The Balaban J connectivity index is 2.08. The maximum atomic E-state index is 3.65. The topological polar surface area (TPSA) is 12.0 Å². The van der Waals surface area contributed by atoms with Crippen molar-refractivity contribution in [1.82, 2.24) is 5.32 Å². The van der Waals surface area contributed by atoms with Gasteiger partial charge in [-0.15, -0.1) is 0 Å². The predicted octanol–water partition coefficient (Wildman–Crippen LogP) is 5.25. The molecule has 20 heavy (non-hydrogen) atoms. The van der Waals surface area contributed by atoms with E-state index >= 15 is 0 Å². The lowest BCUT2D eigenvalue weighted by molar-refractivity contribution is 0.0290. The summed E-state index contributed by atoms with van der Waals surface area (Å²) in [6.07, 6.45) is 11.8. The number of nitrogens with one attached hydrogen (secondary N) is 1. The van der Waals surface area contributed by atoms with Crippen LogP contribution in [0.1, 0.15) is 79.1 Å². The summed E-state index contributed by atoms with van der Waals surface area (Å²) in [5.41, 5.74) is 0.586. The zero-order valence-electron chi connectivity index (χ0n) is 14.4. The summed E-state index contributed by atoms with van der Waals surface area (Å²) < 4.78 is 0. The van der Waals surface area contributed by atoms with Crippen LogP contribution in [0.25, 0.3) is 0 Å². The molecule has 0 amide bonds. The third kappa shape index (κ3) is 4.00. The molecule has 1 heteroatoms. The minimum atomic E-state index is 0.586. The van der Waals surface area contributed by atoms with Crippen molar-refractivity contribution >= 4 is 0 Å². The monoisotopic (exact) mass is 279 g/mol. The van der Waals surface area contributed by atoms with Gasteiger partial charge in [-0.2, -0.15) is 0 Å². The highest BCUT2D eigenvalue weighted by Crippen LogP contribution is 2.50. The molecular formula is C19H37N. The largest absolute Gasteiger partial charge is 0.317 e. The Morgan fingerprint density at radius 3 is 2.40 bits per heavy atom. The number of hydrogen-bond acceptors (Lipinski definition) is 1. The fraction of sp³-hybridized carbons (Fsp3) is 1.00. The van der Waals surface area contributed by atoms with Crippen molar-refractivity contribution in [2.24, 2.45) is 29.1 Å². The van der Waals surface area contributed by atoms with E-state index in [4.69, 9.17) is 0 Å². The van der Waals surface area contributed by atoms with Crippen molar-refractivity contribution in [3.05, 3.63) is 0 Å². The fourth-order valence-electron chi connectivity index (χ4n) is 5.09. The van der Waals surface area contributed by atoms with E-state index in [1.165, 1.54) is 57.9 Å². The van der Waals surface area contributed by atoms with Crippen molar-refractivity contribution in [1.29, 1.82) is 0 Å². The van der Waals surface area contributed by atoms with E-state index in [-0.39, 0.29) is 0 Å². The van der Waals surface area contributed by atoms with Crippen molar-refractivity contribution in [3.63, 3.8) is 0 Å². The molecule has 2 rings (SSSR count). The molecule has 0 aromatic rings. The molecule has 118 valence electrons. The minimum Gasteiger partial charge on any atom is -0.317 e. The van der Waals surface area contributed by atoms with Crippen molar-refractivity contribution in [2.75, 3.05) is 13.1 Å². The van der Waals surface area contributed by atoms with Crippen LogP contribution in [-0.4, -0.2) is 13.1 Å². The zero-order valence-corrected chi connectivity index (χ0v) is 14.4. The maximum absolute atomic E-state index is 3.65. The second-order valence-corrected chi connectivity index (χ2v) is 8.26. The Hall–Kier alpha value is -0.0400. The zero-order chi connectivity index (χ0) is 14.6. The van der Waals surface area contributed by atoms with Gasteiger partial charge in [-0.25, -0.2) is 0 Å². The first-order valence-electron chi connectivity index (χ1n) is 9.28. The lowest BCUT2D eigenvalue weighted by Crippen LogP contribution is -2.42. The maximum Gasteiger partial charge on any atom is -0.00179 e. The summed E-state index contributed by atoms with van der Waals surface area (Å²) in [7, 11) is 0. The first-order chi connectivity index (χ1) is 9.57. The van der Waals surface area contributed by atoms with Gasteiger partial charge in [0.1, 0.15) is 0 Å².